The number of hydrogen-bond donors (Lipinski definition) is 2. The van der Waals surface area contributed by atoms with Crippen LogP contribution in [0.3, 0.4) is 0 Å². The van der Waals surface area contributed by atoms with Gasteiger partial charge >= 0.3 is 0 Å². The lowest BCUT2D eigenvalue weighted by molar-refractivity contribution is 0.412. The first-order valence-corrected chi connectivity index (χ1v) is 6.25. The molecule has 1 aliphatic rings. The fourth-order valence-corrected chi connectivity index (χ4v) is 2.82. The number of nitrogens with zero attached hydrogens (tertiary/aromatic N) is 1. The number of aromatic nitrogens is 1. The van der Waals surface area contributed by atoms with Crippen molar-refractivity contribution in [2.75, 3.05) is 32.5 Å². The lowest BCUT2D eigenvalue weighted by atomic mass is 9.98. The number of anilines is 1. The summed E-state index contributed by atoms with van der Waals surface area (Å²) in [6.07, 6.45) is 3.46. The second-order valence-electron chi connectivity index (χ2n) is 5.00. The van der Waals surface area contributed by atoms with Gasteiger partial charge in [-0.25, -0.2) is 0 Å². The summed E-state index contributed by atoms with van der Waals surface area (Å²) < 4.78 is 0. The molecule has 0 bridgehead atoms. The molecular weight excluding hydrogens is 210 g/mol. The van der Waals surface area contributed by atoms with Crippen LogP contribution < -0.4 is 5.32 Å². The van der Waals surface area contributed by atoms with Crippen molar-refractivity contribution in [2.45, 2.75) is 12.3 Å². The van der Waals surface area contributed by atoms with E-state index in [4.69, 9.17) is 0 Å². The number of aromatic amines is 1. The largest absolute Gasteiger partial charge is 0.388 e. The number of benzene rings is 1. The van der Waals surface area contributed by atoms with Gasteiger partial charge in [-0.1, -0.05) is 0 Å². The van der Waals surface area contributed by atoms with E-state index in [0.717, 1.165) is 0 Å². The molecule has 3 nitrogen and oxygen atoms in total. The summed E-state index contributed by atoms with van der Waals surface area (Å²) in [5, 5.41) is 4.58. The number of H-pyrrole nitrogens is 1. The Hall–Kier alpha value is -1.48. The first-order chi connectivity index (χ1) is 8.28. The van der Waals surface area contributed by atoms with Crippen LogP contribution in [0, 0.1) is 0 Å². The van der Waals surface area contributed by atoms with E-state index in [1.807, 2.05) is 7.05 Å². The first-order valence-electron chi connectivity index (χ1n) is 6.25. The Morgan fingerprint density at radius 1 is 1.41 bits per heavy atom. The van der Waals surface area contributed by atoms with E-state index < -0.39 is 0 Å². The highest BCUT2D eigenvalue weighted by Crippen LogP contribution is 2.33. The molecule has 0 aliphatic carbocycles. The van der Waals surface area contributed by atoms with Crippen molar-refractivity contribution in [1.29, 1.82) is 0 Å². The maximum absolute atomic E-state index is 3.38. The molecular formula is C14H19N3. The lowest BCUT2D eigenvalue weighted by Crippen LogP contribution is -2.13. The molecule has 2 heterocycles. The predicted molar refractivity (Wildman–Crippen MR) is 72.7 cm³/mol. The van der Waals surface area contributed by atoms with Gasteiger partial charge in [0.05, 0.1) is 0 Å². The van der Waals surface area contributed by atoms with Crippen LogP contribution in [-0.4, -0.2) is 37.1 Å². The van der Waals surface area contributed by atoms with Crippen molar-refractivity contribution in [3.8, 4) is 0 Å². The number of nitrogens with one attached hydrogen (secondary N) is 2. The standard InChI is InChI=1S/C14H19N3/c1-15-11-3-4-14-12(7-11)13(8-16-14)10-5-6-17(2)9-10/h3-4,7-8,10,15-16H,5-6,9H2,1-2H3. The van der Waals surface area contributed by atoms with E-state index >= 15 is 0 Å². The van der Waals surface area contributed by atoms with Gasteiger partial charge in [0.15, 0.2) is 0 Å². The third-order valence-electron chi connectivity index (χ3n) is 3.83. The average Bonchev–Trinajstić information content (AvgIpc) is 2.93. The van der Waals surface area contributed by atoms with Crippen LogP contribution in [0.15, 0.2) is 24.4 Å². The molecule has 1 aromatic carbocycles. The molecule has 0 amide bonds. The lowest BCUT2D eigenvalue weighted by Gasteiger charge is -2.10. The number of rotatable bonds is 2. The van der Waals surface area contributed by atoms with E-state index in [1.54, 1.807) is 0 Å². The Morgan fingerprint density at radius 3 is 3.00 bits per heavy atom. The summed E-state index contributed by atoms with van der Waals surface area (Å²) >= 11 is 0. The van der Waals surface area contributed by atoms with Gasteiger partial charge in [0.2, 0.25) is 0 Å². The van der Waals surface area contributed by atoms with Crippen molar-refractivity contribution in [3.63, 3.8) is 0 Å². The molecule has 17 heavy (non-hydrogen) atoms. The van der Waals surface area contributed by atoms with Crippen LogP contribution in [0.2, 0.25) is 0 Å². The molecule has 1 aromatic heterocycles. The highest BCUT2D eigenvalue weighted by atomic mass is 15.1. The van der Waals surface area contributed by atoms with E-state index in [0.29, 0.717) is 5.92 Å². The van der Waals surface area contributed by atoms with E-state index in [1.165, 1.54) is 41.7 Å². The zero-order chi connectivity index (χ0) is 11.8. The summed E-state index contributed by atoms with van der Waals surface area (Å²) in [7, 11) is 4.17. The zero-order valence-electron chi connectivity index (χ0n) is 10.5. The van der Waals surface area contributed by atoms with Crippen molar-refractivity contribution in [1.82, 2.24) is 9.88 Å². The molecule has 1 unspecified atom stereocenters. The molecule has 1 saturated heterocycles. The van der Waals surface area contributed by atoms with Gasteiger partial charge in [-0.2, -0.15) is 0 Å². The van der Waals surface area contributed by atoms with E-state index in [9.17, 15) is 0 Å². The monoisotopic (exact) mass is 229 g/mol. The van der Waals surface area contributed by atoms with Gasteiger partial charge in [-0.3, -0.25) is 0 Å². The summed E-state index contributed by atoms with van der Waals surface area (Å²) in [6, 6.07) is 6.52. The topological polar surface area (TPSA) is 31.1 Å². The Labute approximate surface area is 102 Å². The molecule has 0 saturated carbocycles. The molecule has 3 rings (SSSR count). The number of likely N-dealkylation sites (tertiary alicyclic amines) is 1. The van der Waals surface area contributed by atoms with Crippen molar-refractivity contribution < 1.29 is 0 Å². The fraction of sp³-hybridized carbons (Fsp3) is 0.429. The van der Waals surface area contributed by atoms with Crippen LogP contribution in [0.25, 0.3) is 10.9 Å². The fourth-order valence-electron chi connectivity index (χ4n) is 2.82. The molecule has 1 aliphatic heterocycles. The van der Waals surface area contributed by atoms with Gasteiger partial charge in [0.25, 0.3) is 0 Å². The zero-order valence-corrected chi connectivity index (χ0v) is 10.5. The van der Waals surface area contributed by atoms with Crippen molar-refractivity contribution in [2.24, 2.45) is 0 Å². The van der Waals surface area contributed by atoms with Gasteiger partial charge in [-0.15, -0.1) is 0 Å². The molecule has 90 valence electrons. The molecule has 3 heteroatoms. The van der Waals surface area contributed by atoms with Crippen molar-refractivity contribution in [3.05, 3.63) is 30.0 Å². The SMILES string of the molecule is CNc1ccc2[nH]cc(C3CCN(C)C3)c2c1. The minimum atomic E-state index is 0.681. The Morgan fingerprint density at radius 2 is 2.29 bits per heavy atom. The van der Waals surface area contributed by atoms with Crippen molar-refractivity contribution >= 4 is 16.6 Å². The minimum Gasteiger partial charge on any atom is -0.388 e. The van der Waals surface area contributed by atoms with E-state index in [2.05, 4.69) is 46.6 Å². The summed E-state index contributed by atoms with van der Waals surface area (Å²) in [5.41, 5.74) is 3.90. The molecule has 1 fully saturated rings. The minimum absolute atomic E-state index is 0.681. The van der Waals surface area contributed by atoms with Gasteiger partial charge in [0, 0.05) is 36.4 Å². The van der Waals surface area contributed by atoms with Gasteiger partial charge in [-0.05, 0) is 49.7 Å². The summed E-state index contributed by atoms with van der Waals surface area (Å²) in [5.74, 6) is 0.681. The smallest absolute Gasteiger partial charge is 0.0458 e. The Bertz CT molecular complexity index is 529. The second-order valence-corrected chi connectivity index (χ2v) is 5.00. The first kappa shape index (κ1) is 10.7. The molecule has 0 spiro atoms. The van der Waals surface area contributed by atoms with Gasteiger partial charge < -0.3 is 15.2 Å². The molecule has 2 N–H and O–H groups in total. The van der Waals surface area contributed by atoms with Crippen LogP contribution in [0.1, 0.15) is 17.9 Å². The second kappa shape index (κ2) is 4.08. The average molecular weight is 229 g/mol. The number of fused-ring (bicyclic) bond motifs is 1. The maximum atomic E-state index is 3.38. The third kappa shape index (κ3) is 1.80. The summed E-state index contributed by atoms with van der Waals surface area (Å²) in [4.78, 5) is 5.79. The predicted octanol–water partition coefficient (Wildman–Crippen LogP) is 2.63. The Kier molecular flexibility index (Phi) is 2.56. The normalized spacial score (nSPS) is 21.2. The summed E-state index contributed by atoms with van der Waals surface area (Å²) in [6.45, 7) is 2.39. The highest BCUT2D eigenvalue weighted by Gasteiger charge is 2.23. The van der Waals surface area contributed by atoms with Gasteiger partial charge in [0.1, 0.15) is 0 Å². The molecule has 2 aromatic rings. The Balaban J connectivity index is 2.04. The molecule has 1 atom stereocenters. The molecule has 0 radical (unpaired) electrons. The number of likely N-dealkylation sites (N-methyl/N-ethyl adjacent to an activating group) is 1. The van der Waals surface area contributed by atoms with Crippen LogP contribution >= 0.6 is 0 Å². The van der Waals surface area contributed by atoms with Crippen LogP contribution in [0.4, 0.5) is 5.69 Å². The third-order valence-corrected chi connectivity index (χ3v) is 3.83. The van der Waals surface area contributed by atoms with Crippen LogP contribution in [-0.2, 0) is 0 Å². The van der Waals surface area contributed by atoms with E-state index in [-0.39, 0.29) is 0 Å². The quantitative estimate of drug-likeness (QED) is 0.829. The highest BCUT2D eigenvalue weighted by molar-refractivity contribution is 5.87. The maximum Gasteiger partial charge on any atom is 0.0458 e. The van der Waals surface area contributed by atoms with Crippen LogP contribution in [0.5, 0.6) is 0 Å². The number of hydrogen-bond acceptors (Lipinski definition) is 2.